The van der Waals surface area contributed by atoms with Gasteiger partial charge in [0, 0.05) is 44.0 Å². The van der Waals surface area contributed by atoms with Gasteiger partial charge in [0.05, 0.1) is 11.0 Å². The molecule has 196 valence electrons. The number of imidazole rings is 1. The molecule has 0 spiro atoms. The van der Waals surface area contributed by atoms with Gasteiger partial charge in [-0.2, -0.15) is 0 Å². The third-order valence-corrected chi connectivity index (χ3v) is 7.05. The highest BCUT2D eigenvalue weighted by atomic mass is 16.4. The van der Waals surface area contributed by atoms with Crippen molar-refractivity contribution in [2.24, 2.45) is 13.0 Å². The summed E-state index contributed by atoms with van der Waals surface area (Å²) in [5.41, 5.74) is 1.68. The molecule has 0 radical (unpaired) electrons. The van der Waals surface area contributed by atoms with Crippen LogP contribution in [0.15, 0.2) is 23.0 Å². The van der Waals surface area contributed by atoms with Crippen LogP contribution in [0.4, 0.5) is 4.79 Å². The van der Waals surface area contributed by atoms with Crippen LogP contribution in [0.25, 0.3) is 11.0 Å². The molecule has 11 nitrogen and oxygen atoms in total. The number of aromatic nitrogens is 2. The average Bonchev–Trinajstić information content (AvgIpc) is 3.11. The predicted molar refractivity (Wildman–Crippen MR) is 135 cm³/mol. The molecule has 4 N–H and O–H groups in total. The van der Waals surface area contributed by atoms with E-state index in [2.05, 4.69) is 27.8 Å². The Bertz CT molecular complexity index is 1340. The van der Waals surface area contributed by atoms with E-state index in [0.29, 0.717) is 56.1 Å². The van der Waals surface area contributed by atoms with Crippen molar-refractivity contribution in [2.45, 2.75) is 63.5 Å². The largest absolute Gasteiger partial charge is 0.465 e. The molecule has 37 heavy (non-hydrogen) atoms. The van der Waals surface area contributed by atoms with E-state index in [9.17, 15) is 24.0 Å². The number of carboxylic acid groups (broad SMARTS) is 1. The fourth-order valence-electron chi connectivity index (χ4n) is 5.04. The summed E-state index contributed by atoms with van der Waals surface area (Å²) in [6.45, 7) is 0.517. The van der Waals surface area contributed by atoms with Gasteiger partial charge in [0.1, 0.15) is 6.04 Å². The van der Waals surface area contributed by atoms with Gasteiger partial charge in [-0.05, 0) is 56.7 Å². The zero-order valence-corrected chi connectivity index (χ0v) is 20.7. The van der Waals surface area contributed by atoms with Crippen molar-refractivity contribution in [3.8, 4) is 11.8 Å². The van der Waals surface area contributed by atoms with Crippen LogP contribution in [0.3, 0.4) is 0 Å². The van der Waals surface area contributed by atoms with E-state index >= 15 is 0 Å². The normalized spacial score (nSPS) is 21.6. The topological polar surface area (TPSA) is 152 Å². The van der Waals surface area contributed by atoms with E-state index in [-0.39, 0.29) is 42.3 Å². The van der Waals surface area contributed by atoms with Gasteiger partial charge >= 0.3 is 11.8 Å². The summed E-state index contributed by atoms with van der Waals surface area (Å²) in [5.74, 6) is 5.32. The minimum atomic E-state index is -1.02. The maximum Gasteiger partial charge on any atom is 0.404 e. The van der Waals surface area contributed by atoms with Gasteiger partial charge in [-0.3, -0.25) is 28.8 Å². The minimum absolute atomic E-state index is 0.00799. The number of hydrogen-bond donors (Lipinski definition) is 4. The Morgan fingerprint density at radius 3 is 2.57 bits per heavy atom. The van der Waals surface area contributed by atoms with Crippen LogP contribution in [-0.4, -0.2) is 50.6 Å². The molecule has 1 aliphatic heterocycles. The van der Waals surface area contributed by atoms with Crippen molar-refractivity contribution in [2.75, 3.05) is 6.54 Å². The molecular formula is C26H31N5O6. The molecule has 2 aliphatic rings. The summed E-state index contributed by atoms with van der Waals surface area (Å²) in [4.78, 5) is 59.7. The number of carbonyl (C=O) groups excluding carboxylic acids is 3. The summed E-state index contributed by atoms with van der Waals surface area (Å²) in [5, 5.41) is 16.5. The molecule has 1 atom stereocenters. The molecule has 2 aromatic rings. The molecular weight excluding hydrogens is 478 g/mol. The number of fused-ring (bicyclic) bond motifs is 1. The molecule has 1 aliphatic carbocycles. The number of aryl methyl sites for hydroxylation is 1. The molecule has 4 amide bonds. The van der Waals surface area contributed by atoms with Gasteiger partial charge in [0.2, 0.25) is 17.7 Å². The van der Waals surface area contributed by atoms with Crippen molar-refractivity contribution in [3.63, 3.8) is 0 Å². The number of unbranched alkanes of at least 4 members (excludes halogenated alkanes) is 1. The van der Waals surface area contributed by atoms with E-state index in [0.717, 1.165) is 5.56 Å². The molecule has 2 fully saturated rings. The minimum Gasteiger partial charge on any atom is -0.465 e. The third-order valence-electron chi connectivity index (χ3n) is 7.05. The number of amides is 4. The first-order valence-corrected chi connectivity index (χ1v) is 12.6. The molecule has 4 rings (SSSR count). The zero-order chi connectivity index (χ0) is 26.5. The van der Waals surface area contributed by atoms with Crippen LogP contribution < -0.4 is 21.6 Å². The van der Waals surface area contributed by atoms with Crippen molar-refractivity contribution >= 4 is 34.8 Å². The zero-order valence-electron chi connectivity index (χ0n) is 20.7. The number of nitrogens with zero attached hydrogens (tertiary/aromatic N) is 2. The maximum absolute atomic E-state index is 12.8. The van der Waals surface area contributed by atoms with Crippen LogP contribution in [0.1, 0.15) is 63.0 Å². The predicted octanol–water partition coefficient (Wildman–Crippen LogP) is 1.39. The quantitative estimate of drug-likeness (QED) is 0.262. The van der Waals surface area contributed by atoms with Gasteiger partial charge in [0.15, 0.2) is 0 Å². The van der Waals surface area contributed by atoms with Crippen LogP contribution in [-0.2, 0) is 21.4 Å². The lowest BCUT2D eigenvalue weighted by Gasteiger charge is -2.27. The summed E-state index contributed by atoms with van der Waals surface area (Å²) in [6.07, 6.45) is 3.42. The standard InChI is InChI=1S/C26H31N5O6/c1-30-21-15-16(6-11-19(21)31(26(30)37)20-12-13-22(32)29-24(20)34)5-3-2-4-14-27-23(33)17-7-9-18(10-8-17)28-25(35)36/h6,11,15,17-18,20,28H,2,4,7-10,12-14H2,1H3,(H,27,33)(H,35,36)(H,29,32,34). The van der Waals surface area contributed by atoms with Crippen LogP contribution >= 0.6 is 0 Å². The van der Waals surface area contributed by atoms with E-state index in [1.165, 1.54) is 9.13 Å². The van der Waals surface area contributed by atoms with E-state index in [1.54, 1.807) is 19.2 Å². The lowest BCUT2D eigenvalue weighted by atomic mass is 9.85. The van der Waals surface area contributed by atoms with Crippen LogP contribution in [0, 0.1) is 17.8 Å². The maximum atomic E-state index is 12.8. The lowest BCUT2D eigenvalue weighted by Crippen LogP contribution is -2.44. The van der Waals surface area contributed by atoms with E-state index in [4.69, 9.17) is 5.11 Å². The number of imide groups is 1. The smallest absolute Gasteiger partial charge is 0.404 e. The molecule has 1 saturated carbocycles. The number of hydrogen-bond acceptors (Lipinski definition) is 5. The highest BCUT2D eigenvalue weighted by Gasteiger charge is 2.31. The highest BCUT2D eigenvalue weighted by molar-refractivity contribution is 6.00. The highest BCUT2D eigenvalue weighted by Crippen LogP contribution is 2.25. The molecule has 0 bridgehead atoms. The number of rotatable bonds is 6. The molecule has 1 aromatic heterocycles. The summed E-state index contributed by atoms with van der Waals surface area (Å²) < 4.78 is 2.91. The SMILES string of the molecule is Cn1c(=O)n(C2CCC(=O)NC2=O)c2ccc(C#CCCCNC(=O)C3CCC(NC(=O)O)CC3)cc21. The first-order chi connectivity index (χ1) is 17.7. The van der Waals surface area contributed by atoms with Gasteiger partial charge in [-0.1, -0.05) is 11.8 Å². The van der Waals surface area contributed by atoms with Crippen LogP contribution in [0.2, 0.25) is 0 Å². The van der Waals surface area contributed by atoms with E-state index in [1.807, 2.05) is 6.07 Å². The van der Waals surface area contributed by atoms with Gasteiger partial charge in [-0.25, -0.2) is 9.59 Å². The molecule has 2 heterocycles. The Morgan fingerprint density at radius 1 is 1.11 bits per heavy atom. The second-order valence-corrected chi connectivity index (χ2v) is 9.58. The molecule has 11 heteroatoms. The Morgan fingerprint density at radius 2 is 1.86 bits per heavy atom. The van der Waals surface area contributed by atoms with Crippen molar-refractivity contribution in [1.29, 1.82) is 0 Å². The van der Waals surface area contributed by atoms with Gasteiger partial charge in [-0.15, -0.1) is 0 Å². The number of nitrogens with one attached hydrogen (secondary N) is 3. The van der Waals surface area contributed by atoms with Crippen molar-refractivity contribution in [3.05, 3.63) is 34.2 Å². The second-order valence-electron chi connectivity index (χ2n) is 9.58. The Labute approximate surface area is 213 Å². The number of piperidine rings is 1. The third kappa shape index (κ3) is 6.02. The molecule has 1 aromatic carbocycles. The molecule has 1 unspecified atom stereocenters. The fourth-order valence-corrected chi connectivity index (χ4v) is 5.04. The van der Waals surface area contributed by atoms with Gasteiger partial charge < -0.3 is 15.7 Å². The van der Waals surface area contributed by atoms with Crippen LogP contribution in [0.5, 0.6) is 0 Å². The first-order valence-electron chi connectivity index (χ1n) is 12.6. The van der Waals surface area contributed by atoms with Gasteiger partial charge in [0.25, 0.3) is 0 Å². The first kappa shape index (κ1) is 26.0. The lowest BCUT2D eigenvalue weighted by molar-refractivity contribution is -0.135. The summed E-state index contributed by atoms with van der Waals surface area (Å²) >= 11 is 0. The fraction of sp³-hybridized carbons (Fsp3) is 0.500. The Kier molecular flexibility index (Phi) is 7.96. The number of benzene rings is 1. The van der Waals surface area contributed by atoms with E-state index < -0.39 is 18.0 Å². The monoisotopic (exact) mass is 509 g/mol. The summed E-state index contributed by atoms with van der Waals surface area (Å²) in [7, 11) is 1.64. The Balaban J connectivity index is 1.29. The second kappa shape index (κ2) is 11.3. The van der Waals surface area contributed by atoms with Crippen molar-refractivity contribution in [1.82, 2.24) is 25.1 Å². The number of carbonyl (C=O) groups is 4. The summed E-state index contributed by atoms with van der Waals surface area (Å²) in [6, 6.07) is 4.58. The Hall–Kier alpha value is -4.07. The van der Waals surface area contributed by atoms with Crippen molar-refractivity contribution < 1.29 is 24.3 Å². The average molecular weight is 510 g/mol. The molecule has 1 saturated heterocycles.